The molecule has 1 aromatic rings. The van der Waals surface area contributed by atoms with Crippen LogP contribution < -0.4 is 10.6 Å². The van der Waals surface area contributed by atoms with Gasteiger partial charge in [0.1, 0.15) is 11.6 Å². The summed E-state index contributed by atoms with van der Waals surface area (Å²) in [6.45, 7) is 0.781. The van der Waals surface area contributed by atoms with Gasteiger partial charge in [-0.15, -0.1) is 0 Å². The summed E-state index contributed by atoms with van der Waals surface area (Å²) in [5.74, 6) is 0.919. The maximum atomic E-state index is 12.9. The predicted octanol–water partition coefficient (Wildman–Crippen LogP) is 3.45. The fourth-order valence-corrected chi connectivity index (χ4v) is 3.54. The first-order chi connectivity index (χ1) is 9.45. The molecule has 2 fully saturated rings. The summed E-state index contributed by atoms with van der Waals surface area (Å²) in [6, 6.07) is 2.37. The maximum Gasteiger partial charge on any atom is 0.416 e. The van der Waals surface area contributed by atoms with Crippen molar-refractivity contribution in [3.8, 4) is 0 Å². The van der Waals surface area contributed by atoms with Gasteiger partial charge in [0.05, 0.1) is 5.56 Å². The summed E-state index contributed by atoms with van der Waals surface area (Å²) in [5, 5.41) is 0. The van der Waals surface area contributed by atoms with Crippen molar-refractivity contribution in [2.45, 2.75) is 44.3 Å². The average molecular weight is 285 g/mol. The maximum absolute atomic E-state index is 12.9. The van der Waals surface area contributed by atoms with Crippen LogP contribution in [0.1, 0.15) is 37.7 Å². The van der Waals surface area contributed by atoms with Gasteiger partial charge >= 0.3 is 6.18 Å². The van der Waals surface area contributed by atoms with Gasteiger partial charge in [-0.1, -0.05) is 12.8 Å². The molecule has 2 unspecified atom stereocenters. The molecule has 3 rings (SSSR count). The number of nitrogens with zero attached hydrogens (tertiary/aromatic N) is 2. The Hall–Kier alpha value is -1.46. The zero-order valence-corrected chi connectivity index (χ0v) is 11.2. The van der Waals surface area contributed by atoms with Crippen molar-refractivity contribution >= 4 is 11.6 Å². The van der Waals surface area contributed by atoms with Crippen molar-refractivity contribution in [3.05, 3.63) is 17.7 Å². The van der Waals surface area contributed by atoms with Crippen molar-refractivity contribution in [1.82, 2.24) is 4.98 Å². The van der Waals surface area contributed by atoms with Crippen LogP contribution in [-0.2, 0) is 6.18 Å². The lowest BCUT2D eigenvalue weighted by atomic mass is 9.85. The number of hydrogen-bond donors (Lipinski definition) is 1. The molecule has 3 nitrogen and oxygen atoms in total. The third-order valence-corrected chi connectivity index (χ3v) is 4.46. The third-order valence-electron chi connectivity index (χ3n) is 4.46. The van der Waals surface area contributed by atoms with E-state index < -0.39 is 11.7 Å². The van der Waals surface area contributed by atoms with Gasteiger partial charge in [-0.05, 0) is 37.3 Å². The number of anilines is 2. The minimum atomic E-state index is -4.38. The van der Waals surface area contributed by atoms with Gasteiger partial charge < -0.3 is 10.6 Å². The molecular weight excluding hydrogens is 267 g/mol. The molecule has 0 aromatic carbocycles. The zero-order chi connectivity index (χ0) is 14.3. The number of halogens is 3. The van der Waals surface area contributed by atoms with Gasteiger partial charge in [-0.2, -0.15) is 13.2 Å². The molecular formula is C14H18F3N3. The van der Waals surface area contributed by atoms with E-state index in [9.17, 15) is 13.2 Å². The van der Waals surface area contributed by atoms with Crippen molar-refractivity contribution < 1.29 is 13.2 Å². The second-order valence-electron chi connectivity index (χ2n) is 5.73. The number of pyridine rings is 1. The van der Waals surface area contributed by atoms with Crippen LogP contribution in [-0.4, -0.2) is 17.6 Å². The molecule has 1 saturated heterocycles. The van der Waals surface area contributed by atoms with Crippen LogP contribution in [0, 0.1) is 5.92 Å². The second kappa shape index (κ2) is 4.82. The number of hydrogen-bond acceptors (Lipinski definition) is 3. The van der Waals surface area contributed by atoms with Crippen LogP contribution in [0.3, 0.4) is 0 Å². The quantitative estimate of drug-likeness (QED) is 0.859. The lowest BCUT2D eigenvalue weighted by Gasteiger charge is -2.32. The number of alkyl halides is 3. The highest BCUT2D eigenvalue weighted by atomic mass is 19.4. The molecule has 2 atom stereocenters. The first kappa shape index (κ1) is 13.5. The van der Waals surface area contributed by atoms with E-state index in [0.29, 0.717) is 17.8 Å². The number of nitrogen functional groups attached to an aromatic ring is 1. The molecule has 0 spiro atoms. The van der Waals surface area contributed by atoms with Crippen LogP contribution in [0.15, 0.2) is 12.1 Å². The Kier molecular flexibility index (Phi) is 3.26. The molecule has 6 heteroatoms. The first-order valence-electron chi connectivity index (χ1n) is 7.06. The summed E-state index contributed by atoms with van der Waals surface area (Å²) in [5.41, 5.74) is 4.84. The van der Waals surface area contributed by atoms with E-state index in [2.05, 4.69) is 4.98 Å². The van der Waals surface area contributed by atoms with Gasteiger partial charge in [-0.25, -0.2) is 4.98 Å². The monoisotopic (exact) mass is 285 g/mol. The molecule has 2 N–H and O–H groups in total. The van der Waals surface area contributed by atoms with Gasteiger partial charge in [0, 0.05) is 12.6 Å². The molecule has 110 valence electrons. The van der Waals surface area contributed by atoms with Crippen molar-refractivity contribution in [3.63, 3.8) is 0 Å². The fraction of sp³-hybridized carbons (Fsp3) is 0.643. The largest absolute Gasteiger partial charge is 0.416 e. The Morgan fingerprint density at radius 3 is 2.65 bits per heavy atom. The molecule has 1 saturated carbocycles. The van der Waals surface area contributed by atoms with E-state index in [1.54, 1.807) is 0 Å². The molecule has 0 bridgehead atoms. The van der Waals surface area contributed by atoms with Crippen LogP contribution in [0.25, 0.3) is 0 Å². The normalized spacial score (nSPS) is 26.6. The summed E-state index contributed by atoms with van der Waals surface area (Å²) in [7, 11) is 0. The number of fused-ring (bicyclic) bond motifs is 1. The van der Waals surface area contributed by atoms with Crippen molar-refractivity contribution in [2.75, 3.05) is 17.2 Å². The van der Waals surface area contributed by atoms with E-state index in [4.69, 9.17) is 5.73 Å². The fourth-order valence-electron chi connectivity index (χ4n) is 3.54. The highest BCUT2D eigenvalue weighted by Crippen LogP contribution is 2.40. The standard InChI is InChI=1S/C14H18F3N3/c15-14(16,17)10-7-12(18)19-13(8-10)20-6-5-9-3-1-2-4-11(9)20/h7-9,11H,1-6H2,(H2,18,19). The lowest BCUT2D eigenvalue weighted by Crippen LogP contribution is -2.35. The molecule has 1 aliphatic heterocycles. The van der Waals surface area contributed by atoms with Crippen LogP contribution in [0.5, 0.6) is 0 Å². The molecule has 2 heterocycles. The summed E-state index contributed by atoms with van der Waals surface area (Å²) >= 11 is 0. The Morgan fingerprint density at radius 1 is 1.15 bits per heavy atom. The first-order valence-corrected chi connectivity index (χ1v) is 7.06. The summed E-state index contributed by atoms with van der Waals surface area (Å²) in [6.07, 6.45) is 1.26. The van der Waals surface area contributed by atoms with E-state index in [0.717, 1.165) is 37.9 Å². The minimum Gasteiger partial charge on any atom is -0.384 e. The molecule has 20 heavy (non-hydrogen) atoms. The zero-order valence-electron chi connectivity index (χ0n) is 11.2. The highest BCUT2D eigenvalue weighted by Gasteiger charge is 2.38. The van der Waals surface area contributed by atoms with Crippen LogP contribution >= 0.6 is 0 Å². The Morgan fingerprint density at radius 2 is 1.90 bits per heavy atom. The second-order valence-corrected chi connectivity index (χ2v) is 5.73. The van der Waals surface area contributed by atoms with Gasteiger partial charge in [-0.3, -0.25) is 0 Å². The van der Waals surface area contributed by atoms with E-state index >= 15 is 0 Å². The van der Waals surface area contributed by atoms with Crippen LogP contribution in [0.4, 0.5) is 24.8 Å². The van der Waals surface area contributed by atoms with Crippen molar-refractivity contribution in [1.29, 1.82) is 0 Å². The number of rotatable bonds is 1. The minimum absolute atomic E-state index is 0.0610. The molecule has 1 aliphatic carbocycles. The van der Waals surface area contributed by atoms with Gasteiger partial charge in [0.15, 0.2) is 0 Å². The lowest BCUT2D eigenvalue weighted by molar-refractivity contribution is -0.137. The van der Waals surface area contributed by atoms with Crippen molar-refractivity contribution in [2.24, 2.45) is 5.92 Å². The Bertz CT molecular complexity index is 501. The number of aromatic nitrogens is 1. The van der Waals surface area contributed by atoms with Gasteiger partial charge in [0.25, 0.3) is 0 Å². The SMILES string of the molecule is Nc1cc(C(F)(F)F)cc(N2CCC3CCCCC32)n1. The highest BCUT2D eigenvalue weighted by molar-refractivity contribution is 5.51. The molecule has 0 radical (unpaired) electrons. The smallest absolute Gasteiger partial charge is 0.384 e. The van der Waals surface area contributed by atoms with E-state index in [1.807, 2.05) is 4.90 Å². The Labute approximate surface area is 116 Å². The average Bonchev–Trinajstić information content (AvgIpc) is 2.80. The third kappa shape index (κ3) is 2.43. The van der Waals surface area contributed by atoms with E-state index in [-0.39, 0.29) is 5.82 Å². The van der Waals surface area contributed by atoms with Gasteiger partial charge in [0.2, 0.25) is 0 Å². The summed E-state index contributed by atoms with van der Waals surface area (Å²) < 4.78 is 38.6. The predicted molar refractivity (Wildman–Crippen MR) is 71.4 cm³/mol. The van der Waals surface area contributed by atoms with E-state index in [1.165, 1.54) is 12.8 Å². The number of nitrogens with two attached hydrogens (primary N) is 1. The van der Waals surface area contributed by atoms with Crippen LogP contribution in [0.2, 0.25) is 0 Å². The topological polar surface area (TPSA) is 42.1 Å². The molecule has 2 aliphatic rings. The molecule has 0 amide bonds. The Balaban J connectivity index is 1.92. The summed E-state index contributed by atoms with van der Waals surface area (Å²) in [4.78, 5) is 6.15. The molecule has 1 aromatic heterocycles.